The molecule has 3 heteroatoms. The second-order valence-corrected chi connectivity index (χ2v) is 3.65. The van der Waals surface area contributed by atoms with Crippen LogP contribution in [-0.2, 0) is 4.79 Å². The fourth-order valence-electron chi connectivity index (χ4n) is 1.27. The minimum absolute atomic E-state index is 0.127. The maximum Gasteiger partial charge on any atom is 0.238 e. The third-order valence-corrected chi connectivity index (χ3v) is 2.37. The monoisotopic (exact) mass is 180 g/mol. The first-order valence-corrected chi connectivity index (χ1v) is 4.64. The zero-order chi connectivity index (χ0) is 9.84. The number of rotatable bonds is 4. The van der Waals surface area contributed by atoms with Crippen LogP contribution in [0.25, 0.3) is 0 Å². The Morgan fingerprint density at radius 3 is 2.85 bits per heavy atom. The average Bonchev–Trinajstić information content (AvgIpc) is 2.86. The summed E-state index contributed by atoms with van der Waals surface area (Å²) < 4.78 is 0. The van der Waals surface area contributed by atoms with Crippen LogP contribution in [0.15, 0.2) is 0 Å². The summed E-state index contributed by atoms with van der Waals surface area (Å²) in [4.78, 5) is 11.3. The van der Waals surface area contributed by atoms with Crippen molar-refractivity contribution in [2.24, 2.45) is 11.7 Å². The van der Waals surface area contributed by atoms with Gasteiger partial charge in [-0.2, -0.15) is 0 Å². The van der Waals surface area contributed by atoms with Crippen molar-refractivity contribution in [3.8, 4) is 12.3 Å². The summed E-state index contributed by atoms with van der Waals surface area (Å²) in [6, 6.07) is -0.303. The Morgan fingerprint density at radius 2 is 2.38 bits per heavy atom. The molecule has 1 aliphatic rings. The van der Waals surface area contributed by atoms with Crippen LogP contribution in [0.2, 0.25) is 0 Å². The van der Waals surface area contributed by atoms with Crippen LogP contribution in [0.5, 0.6) is 0 Å². The Morgan fingerprint density at radius 1 is 1.77 bits per heavy atom. The van der Waals surface area contributed by atoms with Gasteiger partial charge >= 0.3 is 0 Å². The number of nitrogens with two attached hydrogens (primary N) is 1. The fraction of sp³-hybridized carbons (Fsp3) is 0.700. The lowest BCUT2D eigenvalue weighted by molar-refractivity contribution is -0.123. The molecule has 0 aromatic carbocycles. The fourth-order valence-corrected chi connectivity index (χ4v) is 1.27. The van der Waals surface area contributed by atoms with Crippen LogP contribution in [0.4, 0.5) is 0 Å². The summed E-state index contributed by atoms with van der Waals surface area (Å²) >= 11 is 0. The molecule has 1 aliphatic carbocycles. The molecule has 0 heterocycles. The first-order valence-electron chi connectivity index (χ1n) is 4.64. The molecule has 0 aliphatic heterocycles. The maximum absolute atomic E-state index is 11.3. The molecule has 3 N–H and O–H groups in total. The molecule has 1 saturated carbocycles. The maximum atomic E-state index is 11.3. The molecule has 72 valence electrons. The van der Waals surface area contributed by atoms with Crippen LogP contribution >= 0.6 is 0 Å². The molecule has 0 radical (unpaired) electrons. The summed E-state index contributed by atoms with van der Waals surface area (Å²) in [5.41, 5.74) is 5.54. The second-order valence-electron chi connectivity index (χ2n) is 3.65. The van der Waals surface area contributed by atoms with Crippen LogP contribution in [0.1, 0.15) is 26.2 Å². The van der Waals surface area contributed by atoms with E-state index in [4.69, 9.17) is 12.2 Å². The second kappa shape index (κ2) is 4.29. The highest BCUT2D eigenvalue weighted by molar-refractivity contribution is 5.82. The van der Waals surface area contributed by atoms with E-state index in [2.05, 4.69) is 11.2 Å². The molecule has 1 fully saturated rings. The zero-order valence-electron chi connectivity index (χ0n) is 7.92. The van der Waals surface area contributed by atoms with E-state index < -0.39 is 6.04 Å². The van der Waals surface area contributed by atoms with Crippen molar-refractivity contribution >= 4 is 5.91 Å². The Kier molecular flexibility index (Phi) is 3.32. The number of amides is 1. The quantitative estimate of drug-likeness (QED) is 0.609. The summed E-state index contributed by atoms with van der Waals surface area (Å²) in [6.07, 6.45) is 7.80. The molecule has 0 aromatic rings. The normalized spacial score (nSPS) is 20.1. The number of carbonyl (C=O) groups excluding carboxylic acids is 1. The largest absolute Gasteiger partial charge is 0.352 e. The van der Waals surface area contributed by atoms with Gasteiger partial charge in [0.1, 0.15) is 0 Å². The van der Waals surface area contributed by atoms with Crippen LogP contribution in [0.3, 0.4) is 0 Å². The van der Waals surface area contributed by atoms with Gasteiger partial charge in [0.15, 0.2) is 0 Å². The lowest BCUT2D eigenvalue weighted by atomic mass is 10.1. The third kappa shape index (κ3) is 3.08. The Balaban J connectivity index is 2.27. The van der Waals surface area contributed by atoms with Crippen molar-refractivity contribution in [2.45, 2.75) is 38.3 Å². The van der Waals surface area contributed by atoms with Gasteiger partial charge in [-0.25, -0.2) is 0 Å². The summed E-state index contributed by atoms with van der Waals surface area (Å²) in [6.45, 7) is 2.01. The number of nitrogens with one attached hydrogen (secondary N) is 1. The van der Waals surface area contributed by atoms with Gasteiger partial charge in [-0.1, -0.05) is 0 Å². The first kappa shape index (κ1) is 10.1. The van der Waals surface area contributed by atoms with Gasteiger partial charge in [0, 0.05) is 12.5 Å². The molecule has 0 spiro atoms. The van der Waals surface area contributed by atoms with E-state index in [1.165, 1.54) is 12.8 Å². The number of carbonyl (C=O) groups is 1. The lowest BCUT2D eigenvalue weighted by Gasteiger charge is -2.15. The van der Waals surface area contributed by atoms with Gasteiger partial charge < -0.3 is 11.1 Å². The molecular formula is C10H16N2O. The van der Waals surface area contributed by atoms with Crippen molar-refractivity contribution in [3.63, 3.8) is 0 Å². The molecule has 1 amide bonds. The van der Waals surface area contributed by atoms with Gasteiger partial charge in [-0.3, -0.25) is 4.79 Å². The van der Waals surface area contributed by atoms with E-state index in [0.717, 1.165) is 0 Å². The van der Waals surface area contributed by atoms with Crippen LogP contribution in [-0.4, -0.2) is 18.0 Å². The molecule has 13 heavy (non-hydrogen) atoms. The molecule has 0 aromatic heterocycles. The van der Waals surface area contributed by atoms with E-state index in [1.807, 2.05) is 6.92 Å². The van der Waals surface area contributed by atoms with Crippen LogP contribution < -0.4 is 11.1 Å². The summed E-state index contributed by atoms with van der Waals surface area (Å²) in [5.74, 6) is 2.91. The molecule has 2 unspecified atom stereocenters. The summed E-state index contributed by atoms with van der Waals surface area (Å²) in [5, 5.41) is 2.87. The standard InChI is InChI=1S/C10H16N2O/c1-3-4-9(11)10(13)12-7(2)8-5-6-8/h1,7-9H,4-6,11H2,2H3,(H,12,13). The highest BCUT2D eigenvalue weighted by Gasteiger charge is 2.29. The van der Waals surface area contributed by atoms with Crippen molar-refractivity contribution in [2.75, 3.05) is 0 Å². The molecule has 0 bridgehead atoms. The molecule has 0 saturated heterocycles. The van der Waals surface area contributed by atoms with Crippen molar-refractivity contribution < 1.29 is 4.79 Å². The van der Waals surface area contributed by atoms with Gasteiger partial charge in [0.2, 0.25) is 5.91 Å². The Hall–Kier alpha value is -1.01. The smallest absolute Gasteiger partial charge is 0.238 e. The van der Waals surface area contributed by atoms with E-state index in [9.17, 15) is 4.79 Å². The van der Waals surface area contributed by atoms with Gasteiger partial charge in [-0.15, -0.1) is 12.3 Å². The number of terminal acetylenes is 1. The minimum Gasteiger partial charge on any atom is -0.352 e. The first-order chi connectivity index (χ1) is 6.15. The minimum atomic E-state index is -0.550. The van der Waals surface area contributed by atoms with Crippen LogP contribution in [0, 0.1) is 18.3 Å². The predicted octanol–water partition coefficient (Wildman–Crippen LogP) is 0.252. The summed E-state index contributed by atoms with van der Waals surface area (Å²) in [7, 11) is 0. The lowest BCUT2D eigenvalue weighted by Crippen LogP contribution is -2.44. The van der Waals surface area contributed by atoms with E-state index in [1.54, 1.807) is 0 Å². The average molecular weight is 180 g/mol. The highest BCUT2D eigenvalue weighted by Crippen LogP contribution is 2.32. The van der Waals surface area contributed by atoms with E-state index in [-0.39, 0.29) is 11.9 Å². The molecule has 1 rings (SSSR count). The van der Waals surface area contributed by atoms with Gasteiger partial charge in [0.05, 0.1) is 6.04 Å². The van der Waals surface area contributed by atoms with E-state index in [0.29, 0.717) is 12.3 Å². The van der Waals surface area contributed by atoms with Crippen molar-refractivity contribution in [3.05, 3.63) is 0 Å². The molecule has 3 nitrogen and oxygen atoms in total. The van der Waals surface area contributed by atoms with Gasteiger partial charge in [-0.05, 0) is 25.7 Å². The van der Waals surface area contributed by atoms with Gasteiger partial charge in [0.25, 0.3) is 0 Å². The van der Waals surface area contributed by atoms with E-state index >= 15 is 0 Å². The number of hydrogen-bond donors (Lipinski definition) is 2. The Bertz CT molecular complexity index is 228. The van der Waals surface area contributed by atoms with Crippen molar-refractivity contribution in [1.29, 1.82) is 0 Å². The van der Waals surface area contributed by atoms with Crippen molar-refractivity contribution in [1.82, 2.24) is 5.32 Å². The predicted molar refractivity (Wildman–Crippen MR) is 51.8 cm³/mol. The Labute approximate surface area is 79.1 Å². The SMILES string of the molecule is C#CCC(N)C(=O)NC(C)C1CC1. The third-order valence-electron chi connectivity index (χ3n) is 2.37. The zero-order valence-corrected chi connectivity index (χ0v) is 7.92. The topological polar surface area (TPSA) is 55.1 Å². The molecule has 2 atom stereocenters. The molecular weight excluding hydrogens is 164 g/mol. The number of hydrogen-bond acceptors (Lipinski definition) is 2. The highest BCUT2D eigenvalue weighted by atomic mass is 16.2.